The molecule has 1 aliphatic rings. The highest BCUT2D eigenvalue weighted by Gasteiger charge is 2.26. The molecule has 0 saturated carbocycles. The Morgan fingerprint density at radius 1 is 1.23 bits per heavy atom. The molecule has 0 saturated heterocycles. The lowest BCUT2D eigenvalue weighted by Crippen LogP contribution is -2.29. The lowest BCUT2D eigenvalue weighted by molar-refractivity contribution is 0.0985. The highest BCUT2D eigenvalue weighted by atomic mass is 32.1. The molecule has 132 valence electrons. The Balaban J connectivity index is 1.47. The number of fused-ring (bicyclic) bond motifs is 1. The maximum Gasteiger partial charge on any atom is 0.277 e. The first-order chi connectivity index (χ1) is 12.7. The van der Waals surface area contributed by atoms with Gasteiger partial charge in [0.15, 0.2) is 5.13 Å². The molecule has 1 N–H and O–H groups in total. The van der Waals surface area contributed by atoms with Crippen molar-refractivity contribution >= 4 is 33.8 Å². The molecule has 0 aliphatic carbocycles. The van der Waals surface area contributed by atoms with Crippen molar-refractivity contribution in [1.29, 1.82) is 0 Å². The number of amides is 1. The van der Waals surface area contributed by atoms with Gasteiger partial charge in [0.1, 0.15) is 11.4 Å². The van der Waals surface area contributed by atoms with Crippen molar-refractivity contribution in [1.82, 2.24) is 4.98 Å². The number of carbonyl (C=O) groups excluding carboxylic acids is 1. The third-order valence-corrected chi connectivity index (χ3v) is 5.03. The molecule has 0 spiro atoms. The minimum atomic E-state index is -0.0501. The van der Waals surface area contributed by atoms with E-state index in [4.69, 9.17) is 4.74 Å². The third-order valence-electron chi connectivity index (χ3n) is 4.27. The Bertz CT molecular complexity index is 921. The molecule has 1 aliphatic heterocycles. The second-order valence-corrected chi connectivity index (χ2v) is 6.81. The first-order valence-electron chi connectivity index (χ1n) is 8.60. The summed E-state index contributed by atoms with van der Waals surface area (Å²) >= 11 is 1.43. The van der Waals surface area contributed by atoms with Crippen molar-refractivity contribution in [2.75, 3.05) is 23.4 Å². The number of hydrogen-bond acceptors (Lipinski definition) is 5. The Kier molecular flexibility index (Phi) is 4.58. The fourth-order valence-corrected chi connectivity index (χ4v) is 3.75. The first kappa shape index (κ1) is 16.6. The Morgan fingerprint density at radius 2 is 2.04 bits per heavy atom. The van der Waals surface area contributed by atoms with Gasteiger partial charge >= 0.3 is 0 Å². The topological polar surface area (TPSA) is 54.5 Å². The van der Waals surface area contributed by atoms with Crippen LogP contribution in [0.3, 0.4) is 0 Å². The van der Waals surface area contributed by atoms with Crippen molar-refractivity contribution in [3.63, 3.8) is 0 Å². The SMILES string of the molecule is CCOc1ccc(Nc2nc(C(=O)N3CCc4ccccc43)cs2)cc1. The fourth-order valence-electron chi connectivity index (χ4n) is 3.04. The van der Waals surface area contributed by atoms with Crippen LogP contribution in [-0.2, 0) is 6.42 Å². The number of hydrogen-bond donors (Lipinski definition) is 1. The van der Waals surface area contributed by atoms with E-state index in [1.807, 2.05) is 54.3 Å². The molecule has 26 heavy (non-hydrogen) atoms. The molecule has 3 aromatic rings. The van der Waals surface area contributed by atoms with Gasteiger partial charge in [-0.25, -0.2) is 4.98 Å². The minimum Gasteiger partial charge on any atom is -0.494 e. The van der Waals surface area contributed by atoms with Crippen LogP contribution in [0, 0.1) is 0 Å². The van der Waals surface area contributed by atoms with Gasteiger partial charge in [0.25, 0.3) is 5.91 Å². The van der Waals surface area contributed by atoms with Gasteiger partial charge in [0.05, 0.1) is 6.61 Å². The molecule has 5 nitrogen and oxygen atoms in total. The summed E-state index contributed by atoms with van der Waals surface area (Å²) in [6.07, 6.45) is 0.892. The maximum atomic E-state index is 12.8. The monoisotopic (exact) mass is 365 g/mol. The van der Waals surface area contributed by atoms with Gasteiger partial charge in [-0.2, -0.15) is 0 Å². The highest BCUT2D eigenvalue weighted by molar-refractivity contribution is 7.14. The molecule has 0 unspecified atom stereocenters. The molecular weight excluding hydrogens is 346 g/mol. The average Bonchev–Trinajstić information content (AvgIpc) is 3.30. The molecule has 0 bridgehead atoms. The van der Waals surface area contributed by atoms with Crippen molar-refractivity contribution in [3.05, 3.63) is 65.2 Å². The molecule has 1 amide bonds. The Labute approximate surface area is 156 Å². The molecule has 0 radical (unpaired) electrons. The van der Waals surface area contributed by atoms with Gasteiger partial charge in [0, 0.05) is 23.3 Å². The summed E-state index contributed by atoms with van der Waals surface area (Å²) in [5.41, 5.74) is 3.59. The number of ether oxygens (including phenoxy) is 1. The van der Waals surface area contributed by atoms with E-state index in [2.05, 4.69) is 16.4 Å². The number of aromatic nitrogens is 1. The zero-order valence-corrected chi connectivity index (χ0v) is 15.3. The number of thiazole rings is 1. The molecule has 2 aromatic carbocycles. The molecule has 0 fully saturated rings. The van der Waals surface area contributed by atoms with Crippen LogP contribution in [0.4, 0.5) is 16.5 Å². The molecular formula is C20H19N3O2S. The van der Waals surface area contributed by atoms with Crippen LogP contribution in [0.1, 0.15) is 23.0 Å². The molecule has 0 atom stereocenters. The second-order valence-electron chi connectivity index (χ2n) is 5.96. The molecule has 1 aromatic heterocycles. The van der Waals surface area contributed by atoms with Gasteiger partial charge in [0.2, 0.25) is 0 Å². The van der Waals surface area contributed by atoms with Crippen molar-refractivity contribution in [2.24, 2.45) is 0 Å². The van der Waals surface area contributed by atoms with Crippen molar-refractivity contribution in [2.45, 2.75) is 13.3 Å². The van der Waals surface area contributed by atoms with Gasteiger partial charge in [-0.15, -0.1) is 11.3 Å². The average molecular weight is 365 g/mol. The summed E-state index contributed by atoms with van der Waals surface area (Å²) < 4.78 is 5.44. The van der Waals surface area contributed by atoms with E-state index in [-0.39, 0.29) is 5.91 Å². The zero-order valence-electron chi connectivity index (χ0n) is 14.4. The largest absolute Gasteiger partial charge is 0.494 e. The van der Waals surface area contributed by atoms with Crippen LogP contribution in [0.15, 0.2) is 53.9 Å². The number of carbonyl (C=O) groups is 1. The van der Waals surface area contributed by atoms with Gasteiger partial charge in [-0.05, 0) is 49.2 Å². The summed E-state index contributed by atoms with van der Waals surface area (Å²) in [7, 11) is 0. The van der Waals surface area contributed by atoms with Crippen molar-refractivity contribution in [3.8, 4) is 5.75 Å². The summed E-state index contributed by atoms with van der Waals surface area (Å²) in [6, 6.07) is 15.7. The predicted molar refractivity (Wildman–Crippen MR) is 105 cm³/mol. The van der Waals surface area contributed by atoms with Gasteiger partial charge in [-0.1, -0.05) is 18.2 Å². The summed E-state index contributed by atoms with van der Waals surface area (Å²) in [6.45, 7) is 3.31. The van der Waals surface area contributed by atoms with E-state index in [0.717, 1.165) is 23.5 Å². The third kappa shape index (κ3) is 3.28. The van der Waals surface area contributed by atoms with Crippen LogP contribution >= 0.6 is 11.3 Å². The number of rotatable bonds is 5. The second kappa shape index (κ2) is 7.17. The number of nitrogens with one attached hydrogen (secondary N) is 1. The van der Waals surface area contributed by atoms with Crippen molar-refractivity contribution < 1.29 is 9.53 Å². The van der Waals surface area contributed by atoms with E-state index < -0.39 is 0 Å². The molecule has 2 heterocycles. The van der Waals surface area contributed by atoms with Gasteiger partial charge < -0.3 is 15.0 Å². The van der Waals surface area contributed by atoms with Crippen LogP contribution < -0.4 is 15.0 Å². The summed E-state index contributed by atoms with van der Waals surface area (Å²) in [5, 5.41) is 5.74. The van der Waals surface area contributed by atoms with Gasteiger partial charge in [-0.3, -0.25) is 4.79 Å². The minimum absolute atomic E-state index is 0.0501. The Hall–Kier alpha value is -2.86. The maximum absolute atomic E-state index is 12.8. The number of nitrogens with zero attached hydrogens (tertiary/aromatic N) is 2. The molecule has 6 heteroatoms. The number of para-hydroxylation sites is 1. The lowest BCUT2D eigenvalue weighted by atomic mass is 10.2. The van der Waals surface area contributed by atoms with E-state index in [1.54, 1.807) is 5.38 Å². The van der Waals surface area contributed by atoms with Crippen LogP contribution in [-0.4, -0.2) is 24.0 Å². The van der Waals surface area contributed by atoms with E-state index >= 15 is 0 Å². The first-order valence-corrected chi connectivity index (χ1v) is 9.48. The smallest absolute Gasteiger partial charge is 0.277 e. The standard InChI is InChI=1S/C20H19N3O2S/c1-2-25-16-9-7-15(8-10-16)21-20-22-17(13-26-20)19(24)23-12-11-14-5-3-4-6-18(14)23/h3-10,13H,2,11-12H2,1H3,(H,21,22). The van der Waals surface area contributed by atoms with E-state index in [9.17, 15) is 4.79 Å². The predicted octanol–water partition coefficient (Wildman–Crippen LogP) is 4.49. The summed E-state index contributed by atoms with van der Waals surface area (Å²) in [5.74, 6) is 0.784. The fraction of sp³-hybridized carbons (Fsp3) is 0.200. The number of anilines is 3. The number of benzene rings is 2. The molecule has 4 rings (SSSR count). The van der Waals surface area contributed by atoms with E-state index in [0.29, 0.717) is 24.0 Å². The lowest BCUT2D eigenvalue weighted by Gasteiger charge is -2.15. The summed E-state index contributed by atoms with van der Waals surface area (Å²) in [4.78, 5) is 19.1. The van der Waals surface area contributed by atoms with Crippen LogP contribution in [0.2, 0.25) is 0 Å². The Morgan fingerprint density at radius 3 is 2.85 bits per heavy atom. The highest BCUT2D eigenvalue weighted by Crippen LogP contribution is 2.30. The normalized spacial score (nSPS) is 12.7. The quantitative estimate of drug-likeness (QED) is 0.724. The van der Waals surface area contributed by atoms with Crippen LogP contribution in [0.25, 0.3) is 0 Å². The van der Waals surface area contributed by atoms with E-state index in [1.165, 1.54) is 16.9 Å². The zero-order chi connectivity index (χ0) is 17.9. The van der Waals surface area contributed by atoms with Crippen LogP contribution in [0.5, 0.6) is 5.75 Å².